The lowest BCUT2D eigenvalue weighted by Crippen LogP contribution is -2.46. The van der Waals surface area contributed by atoms with Crippen LogP contribution in [0.2, 0.25) is 5.02 Å². The Labute approximate surface area is 252 Å². The van der Waals surface area contributed by atoms with Gasteiger partial charge < -0.3 is 20.1 Å². The standard InChI is InChI=1S/C30H31ClFN5O4S/c1-2-40-30(39)26-24(18-37-13-14-41-21(17-37)9-11-25(38)34-20-6-4-3-5-7-20)35-28(29-33-12-15-42-29)36-27(26)22-10-8-19(32)16-23(22)31/h3-8,10,12,15-16,21,27H,2,9,11,13-14,17-18H2,1H3,(H,34,38)(H,35,36). The summed E-state index contributed by atoms with van der Waals surface area (Å²) in [5.41, 5.74) is 2.14. The summed E-state index contributed by atoms with van der Waals surface area (Å²) >= 11 is 7.88. The number of amides is 1. The molecule has 3 aromatic rings. The average Bonchev–Trinajstić information content (AvgIpc) is 3.52. The molecule has 0 aliphatic carbocycles. The van der Waals surface area contributed by atoms with Crippen LogP contribution in [0.5, 0.6) is 0 Å². The molecule has 2 unspecified atom stereocenters. The van der Waals surface area contributed by atoms with E-state index in [0.717, 1.165) is 5.69 Å². The largest absolute Gasteiger partial charge is 0.463 e. The highest BCUT2D eigenvalue weighted by atomic mass is 35.5. The average molecular weight is 612 g/mol. The van der Waals surface area contributed by atoms with E-state index in [1.54, 1.807) is 19.2 Å². The van der Waals surface area contributed by atoms with Crippen LogP contribution in [-0.2, 0) is 19.1 Å². The lowest BCUT2D eigenvalue weighted by Gasteiger charge is -2.35. The Kier molecular flexibility index (Phi) is 9.96. The van der Waals surface area contributed by atoms with E-state index < -0.39 is 17.8 Å². The van der Waals surface area contributed by atoms with Crippen LogP contribution in [-0.4, -0.2) is 66.5 Å². The van der Waals surface area contributed by atoms with Crippen molar-refractivity contribution in [1.29, 1.82) is 0 Å². The van der Waals surface area contributed by atoms with E-state index >= 15 is 0 Å². The molecule has 9 nitrogen and oxygen atoms in total. The summed E-state index contributed by atoms with van der Waals surface area (Å²) in [6.45, 7) is 3.94. The zero-order valence-corrected chi connectivity index (χ0v) is 24.6. The molecule has 2 N–H and O–H groups in total. The molecule has 1 amide bonds. The summed E-state index contributed by atoms with van der Waals surface area (Å²) in [5, 5.41) is 8.87. The predicted octanol–water partition coefficient (Wildman–Crippen LogP) is 4.96. The molecular weight excluding hydrogens is 581 g/mol. The van der Waals surface area contributed by atoms with E-state index in [-0.39, 0.29) is 23.6 Å². The number of aliphatic imine (C=N–C) groups is 1. The van der Waals surface area contributed by atoms with E-state index in [2.05, 4.69) is 20.5 Å². The number of aromatic nitrogens is 1. The summed E-state index contributed by atoms with van der Waals surface area (Å²) in [5.74, 6) is -0.609. The van der Waals surface area contributed by atoms with Gasteiger partial charge in [0.1, 0.15) is 11.9 Å². The number of carbonyl (C=O) groups excluding carboxylic acids is 2. The Balaban J connectivity index is 1.37. The number of anilines is 1. The number of para-hydroxylation sites is 1. The Morgan fingerprint density at radius 2 is 2.10 bits per heavy atom. The predicted molar refractivity (Wildman–Crippen MR) is 160 cm³/mol. The number of esters is 1. The van der Waals surface area contributed by atoms with Crippen molar-refractivity contribution in [2.45, 2.75) is 31.9 Å². The minimum atomic E-state index is -0.828. The summed E-state index contributed by atoms with van der Waals surface area (Å²) in [6, 6.07) is 12.5. The minimum Gasteiger partial charge on any atom is -0.463 e. The quantitative estimate of drug-likeness (QED) is 0.312. The maximum absolute atomic E-state index is 13.9. The van der Waals surface area contributed by atoms with Crippen LogP contribution in [0.4, 0.5) is 10.1 Å². The van der Waals surface area contributed by atoms with Gasteiger partial charge in [0.15, 0.2) is 10.8 Å². The second kappa shape index (κ2) is 14.0. The fraction of sp³-hybridized carbons (Fsp3) is 0.333. The van der Waals surface area contributed by atoms with Gasteiger partial charge in [0.2, 0.25) is 5.91 Å². The summed E-state index contributed by atoms with van der Waals surface area (Å²) < 4.78 is 25.4. The van der Waals surface area contributed by atoms with Gasteiger partial charge in [-0.25, -0.2) is 14.2 Å². The maximum Gasteiger partial charge on any atom is 0.338 e. The molecule has 0 bridgehead atoms. The van der Waals surface area contributed by atoms with Crippen LogP contribution < -0.4 is 10.6 Å². The molecule has 1 fully saturated rings. The van der Waals surface area contributed by atoms with Gasteiger partial charge in [-0.2, -0.15) is 0 Å². The highest BCUT2D eigenvalue weighted by molar-refractivity contribution is 7.11. The van der Waals surface area contributed by atoms with Crippen LogP contribution in [0, 0.1) is 5.82 Å². The van der Waals surface area contributed by atoms with Crippen molar-refractivity contribution in [3.63, 3.8) is 0 Å². The molecule has 12 heteroatoms. The normalized spacial score (nSPS) is 19.2. The van der Waals surface area contributed by atoms with Crippen molar-refractivity contribution in [2.24, 2.45) is 4.99 Å². The monoisotopic (exact) mass is 611 g/mol. The number of amidine groups is 1. The lowest BCUT2D eigenvalue weighted by molar-refractivity contribution is -0.139. The Hall–Kier alpha value is -3.64. The van der Waals surface area contributed by atoms with E-state index in [1.807, 2.05) is 35.7 Å². The van der Waals surface area contributed by atoms with Crippen molar-refractivity contribution in [2.75, 3.05) is 38.2 Å². The molecule has 220 valence electrons. The van der Waals surface area contributed by atoms with Crippen molar-refractivity contribution in [3.05, 3.63) is 92.8 Å². The molecule has 5 rings (SSSR count). The summed E-state index contributed by atoms with van der Waals surface area (Å²) in [7, 11) is 0. The highest BCUT2D eigenvalue weighted by Crippen LogP contribution is 2.37. The molecule has 2 aliphatic heterocycles. The van der Waals surface area contributed by atoms with Gasteiger partial charge >= 0.3 is 5.97 Å². The summed E-state index contributed by atoms with van der Waals surface area (Å²) in [4.78, 5) is 37.3. The number of morpholine rings is 1. The first-order valence-corrected chi connectivity index (χ1v) is 15.0. The van der Waals surface area contributed by atoms with Crippen molar-refractivity contribution >= 4 is 46.3 Å². The van der Waals surface area contributed by atoms with E-state index in [1.165, 1.54) is 23.5 Å². The zero-order chi connectivity index (χ0) is 29.5. The molecule has 0 saturated carbocycles. The second-order valence-corrected chi connectivity index (χ2v) is 11.1. The molecule has 0 spiro atoms. The van der Waals surface area contributed by atoms with Gasteiger partial charge in [0.25, 0.3) is 0 Å². The third kappa shape index (κ3) is 7.40. The fourth-order valence-corrected chi connectivity index (χ4v) is 5.78. The molecule has 1 aromatic heterocycles. The number of hydrogen-bond donors (Lipinski definition) is 2. The highest BCUT2D eigenvalue weighted by Gasteiger charge is 2.35. The first-order chi connectivity index (χ1) is 20.4. The number of thiazole rings is 1. The Morgan fingerprint density at radius 3 is 2.83 bits per heavy atom. The van der Waals surface area contributed by atoms with Crippen LogP contribution >= 0.6 is 22.9 Å². The molecule has 3 heterocycles. The van der Waals surface area contributed by atoms with E-state index in [0.29, 0.717) is 66.8 Å². The topological polar surface area (TPSA) is 105 Å². The van der Waals surface area contributed by atoms with Crippen molar-refractivity contribution in [3.8, 4) is 0 Å². The third-order valence-corrected chi connectivity index (χ3v) is 7.98. The first-order valence-electron chi connectivity index (χ1n) is 13.7. The fourth-order valence-electron chi connectivity index (χ4n) is 4.93. The molecule has 2 atom stereocenters. The SMILES string of the molecule is CCOC(=O)C1=C(CN2CCOC(CCC(=O)Nc3ccccc3)C2)NC(c2nccs2)=NC1c1ccc(F)cc1Cl. The van der Waals surface area contributed by atoms with Crippen LogP contribution in [0.15, 0.2) is 76.4 Å². The molecule has 42 heavy (non-hydrogen) atoms. The number of nitrogens with zero attached hydrogens (tertiary/aromatic N) is 3. The van der Waals surface area contributed by atoms with Gasteiger partial charge in [-0.15, -0.1) is 11.3 Å². The molecule has 0 radical (unpaired) electrons. The number of ether oxygens (including phenoxy) is 2. The van der Waals surface area contributed by atoms with Gasteiger partial charge in [0, 0.05) is 59.6 Å². The van der Waals surface area contributed by atoms with Crippen LogP contribution in [0.3, 0.4) is 0 Å². The van der Waals surface area contributed by atoms with E-state index in [9.17, 15) is 14.0 Å². The maximum atomic E-state index is 13.9. The van der Waals surface area contributed by atoms with Crippen LogP contribution in [0.1, 0.15) is 36.4 Å². The van der Waals surface area contributed by atoms with Crippen LogP contribution in [0.25, 0.3) is 0 Å². The van der Waals surface area contributed by atoms with Gasteiger partial charge in [-0.1, -0.05) is 35.9 Å². The second-order valence-electron chi connectivity index (χ2n) is 9.80. The lowest BCUT2D eigenvalue weighted by atomic mass is 9.95. The number of halogens is 2. The van der Waals surface area contributed by atoms with Gasteiger partial charge in [-0.05, 0) is 37.6 Å². The van der Waals surface area contributed by atoms with Crippen molar-refractivity contribution < 1.29 is 23.5 Å². The zero-order valence-electron chi connectivity index (χ0n) is 23.0. The minimum absolute atomic E-state index is 0.0773. The molecule has 1 saturated heterocycles. The first kappa shape index (κ1) is 29.8. The number of carbonyl (C=O) groups is 2. The number of benzene rings is 2. The van der Waals surface area contributed by atoms with Crippen molar-refractivity contribution in [1.82, 2.24) is 15.2 Å². The Morgan fingerprint density at radius 1 is 1.26 bits per heavy atom. The smallest absolute Gasteiger partial charge is 0.338 e. The number of rotatable bonds is 10. The summed E-state index contributed by atoms with van der Waals surface area (Å²) in [6.07, 6.45) is 2.37. The third-order valence-electron chi connectivity index (χ3n) is 6.87. The van der Waals surface area contributed by atoms with Gasteiger partial charge in [0.05, 0.1) is 24.9 Å². The molecular formula is C30H31ClFN5O4S. The van der Waals surface area contributed by atoms with Gasteiger partial charge in [-0.3, -0.25) is 14.7 Å². The molecule has 2 aromatic carbocycles. The van der Waals surface area contributed by atoms with E-state index in [4.69, 9.17) is 26.1 Å². The molecule has 2 aliphatic rings. The Bertz CT molecular complexity index is 1470. The number of hydrogen-bond acceptors (Lipinski definition) is 9. The number of nitrogens with one attached hydrogen (secondary N) is 2.